The summed E-state index contributed by atoms with van der Waals surface area (Å²) < 4.78 is 13.4. The first-order valence-corrected chi connectivity index (χ1v) is 8.32. The van der Waals surface area contributed by atoms with E-state index in [1.807, 2.05) is 18.2 Å². The Balaban J connectivity index is 1.56. The molecule has 4 aromatic rings. The third-order valence-corrected chi connectivity index (χ3v) is 4.38. The molecule has 4 rings (SSSR count). The molecule has 0 fully saturated rings. The van der Waals surface area contributed by atoms with Crippen molar-refractivity contribution in [3.8, 4) is 0 Å². The van der Waals surface area contributed by atoms with Crippen LogP contribution in [0.15, 0.2) is 60.7 Å². The van der Waals surface area contributed by atoms with Gasteiger partial charge in [-0.1, -0.05) is 24.3 Å². The molecule has 0 bridgehead atoms. The van der Waals surface area contributed by atoms with Crippen molar-refractivity contribution in [1.29, 1.82) is 0 Å². The zero-order chi connectivity index (χ0) is 18.1. The van der Waals surface area contributed by atoms with Crippen LogP contribution in [0.4, 0.5) is 10.1 Å². The molecule has 0 aliphatic rings. The van der Waals surface area contributed by atoms with Gasteiger partial charge in [0.15, 0.2) is 0 Å². The lowest BCUT2D eigenvalue weighted by Gasteiger charge is -2.07. The lowest BCUT2D eigenvalue weighted by Crippen LogP contribution is -2.14. The summed E-state index contributed by atoms with van der Waals surface area (Å²) in [6, 6.07) is 17.5. The second-order valence-electron chi connectivity index (χ2n) is 6.28. The molecule has 3 N–H and O–H groups in total. The van der Waals surface area contributed by atoms with Crippen molar-refractivity contribution in [2.24, 2.45) is 0 Å². The van der Waals surface area contributed by atoms with Crippen molar-refractivity contribution in [2.45, 2.75) is 13.0 Å². The van der Waals surface area contributed by atoms with Crippen LogP contribution in [-0.2, 0) is 17.8 Å². The first-order valence-electron chi connectivity index (χ1n) is 8.32. The number of carbonyl (C=O) groups is 1. The van der Waals surface area contributed by atoms with Gasteiger partial charge in [0, 0.05) is 27.5 Å². The number of aromatic amines is 1. The highest BCUT2D eigenvalue weighted by Gasteiger charge is 2.09. The van der Waals surface area contributed by atoms with E-state index in [0.717, 1.165) is 32.9 Å². The predicted octanol–water partition coefficient (Wildman–Crippen LogP) is 4.13. The summed E-state index contributed by atoms with van der Waals surface area (Å²) in [6.07, 6.45) is 0.225. The van der Waals surface area contributed by atoms with Gasteiger partial charge in [0.1, 0.15) is 5.82 Å². The van der Waals surface area contributed by atoms with Crippen LogP contribution < -0.4 is 5.32 Å². The second kappa shape index (κ2) is 6.61. The largest absolute Gasteiger partial charge is 0.392 e. The number of anilines is 1. The summed E-state index contributed by atoms with van der Waals surface area (Å²) in [4.78, 5) is 15.5. The summed E-state index contributed by atoms with van der Waals surface area (Å²) in [6.45, 7) is -0.0681. The van der Waals surface area contributed by atoms with Gasteiger partial charge < -0.3 is 15.4 Å². The number of amides is 1. The molecular weight excluding hydrogens is 331 g/mol. The first-order chi connectivity index (χ1) is 12.6. The summed E-state index contributed by atoms with van der Waals surface area (Å²) in [5, 5.41) is 14.0. The molecular formula is C21H17FN2O2. The Morgan fingerprint density at radius 2 is 1.73 bits per heavy atom. The van der Waals surface area contributed by atoms with Gasteiger partial charge in [-0.15, -0.1) is 0 Å². The second-order valence-corrected chi connectivity index (χ2v) is 6.28. The minimum absolute atomic E-state index is 0.0681. The maximum absolute atomic E-state index is 13.4. The molecule has 1 amide bonds. The number of fused-ring (bicyclic) bond motifs is 3. The van der Waals surface area contributed by atoms with Crippen LogP contribution >= 0.6 is 0 Å². The fourth-order valence-electron chi connectivity index (χ4n) is 3.18. The summed E-state index contributed by atoms with van der Waals surface area (Å²) in [5.74, 6) is -0.421. The summed E-state index contributed by atoms with van der Waals surface area (Å²) in [7, 11) is 0. The molecule has 0 saturated heterocycles. The van der Waals surface area contributed by atoms with Crippen LogP contribution in [0.2, 0.25) is 0 Å². The number of benzene rings is 3. The van der Waals surface area contributed by atoms with Gasteiger partial charge >= 0.3 is 0 Å². The van der Waals surface area contributed by atoms with Gasteiger partial charge in [-0.25, -0.2) is 4.39 Å². The number of rotatable bonds is 4. The average molecular weight is 348 g/mol. The molecule has 3 aromatic carbocycles. The Labute approximate surface area is 149 Å². The van der Waals surface area contributed by atoms with Crippen molar-refractivity contribution in [3.05, 3.63) is 77.6 Å². The Kier molecular flexibility index (Phi) is 4.14. The third-order valence-electron chi connectivity index (χ3n) is 4.38. The summed E-state index contributed by atoms with van der Waals surface area (Å²) in [5.41, 5.74) is 3.87. The number of halogens is 1. The van der Waals surface area contributed by atoms with Crippen LogP contribution in [0.5, 0.6) is 0 Å². The third kappa shape index (κ3) is 3.17. The van der Waals surface area contributed by atoms with Gasteiger partial charge in [0.05, 0.1) is 13.0 Å². The van der Waals surface area contributed by atoms with Gasteiger partial charge in [-0.05, 0) is 47.5 Å². The standard InChI is InChI=1S/C21H17FN2O2/c22-15-5-7-18-17-6-4-13(9-19(17)24-20(18)11-15)10-21(26)23-16-3-1-2-14(8-16)12-25/h1-9,11,24-25H,10,12H2,(H,23,26). The van der Waals surface area contributed by atoms with E-state index in [-0.39, 0.29) is 24.8 Å². The smallest absolute Gasteiger partial charge is 0.228 e. The van der Waals surface area contributed by atoms with E-state index < -0.39 is 0 Å². The highest BCUT2D eigenvalue weighted by molar-refractivity contribution is 6.07. The van der Waals surface area contributed by atoms with Crippen molar-refractivity contribution < 1.29 is 14.3 Å². The Hall–Kier alpha value is -3.18. The highest BCUT2D eigenvalue weighted by atomic mass is 19.1. The Morgan fingerprint density at radius 1 is 0.962 bits per heavy atom. The maximum atomic E-state index is 13.4. The van der Waals surface area contributed by atoms with Gasteiger partial charge in [0.2, 0.25) is 5.91 Å². The number of hydrogen-bond acceptors (Lipinski definition) is 2. The number of hydrogen-bond donors (Lipinski definition) is 3. The van der Waals surface area contributed by atoms with Crippen LogP contribution in [0.1, 0.15) is 11.1 Å². The minimum atomic E-state index is -0.284. The number of H-pyrrole nitrogens is 1. The van der Waals surface area contributed by atoms with E-state index in [4.69, 9.17) is 5.11 Å². The number of aromatic nitrogens is 1. The zero-order valence-electron chi connectivity index (χ0n) is 13.9. The molecule has 0 aliphatic heterocycles. The molecule has 1 heterocycles. The van der Waals surface area contributed by atoms with E-state index in [0.29, 0.717) is 5.69 Å². The monoisotopic (exact) mass is 348 g/mol. The molecule has 0 radical (unpaired) electrons. The molecule has 5 heteroatoms. The zero-order valence-corrected chi connectivity index (χ0v) is 13.9. The number of nitrogens with one attached hydrogen (secondary N) is 2. The molecule has 0 unspecified atom stereocenters. The van der Waals surface area contributed by atoms with Crippen LogP contribution in [0, 0.1) is 5.82 Å². The normalized spacial score (nSPS) is 11.2. The van der Waals surface area contributed by atoms with Crippen LogP contribution in [-0.4, -0.2) is 16.0 Å². The number of carbonyl (C=O) groups excluding carboxylic acids is 1. The van der Waals surface area contributed by atoms with Gasteiger partial charge in [0.25, 0.3) is 0 Å². The first kappa shape index (κ1) is 16.3. The fraction of sp³-hybridized carbons (Fsp3) is 0.0952. The molecule has 0 aliphatic carbocycles. The Morgan fingerprint density at radius 3 is 2.54 bits per heavy atom. The van der Waals surface area contributed by atoms with Gasteiger partial charge in [-0.2, -0.15) is 0 Å². The molecule has 26 heavy (non-hydrogen) atoms. The van der Waals surface area contributed by atoms with Crippen molar-refractivity contribution in [1.82, 2.24) is 4.98 Å². The number of aliphatic hydroxyl groups excluding tert-OH is 1. The van der Waals surface area contributed by atoms with Crippen molar-refractivity contribution in [3.63, 3.8) is 0 Å². The molecule has 130 valence electrons. The quantitative estimate of drug-likeness (QED) is 0.519. The lowest BCUT2D eigenvalue weighted by molar-refractivity contribution is -0.115. The van der Waals surface area contributed by atoms with Crippen LogP contribution in [0.3, 0.4) is 0 Å². The number of aliphatic hydroxyl groups is 1. The Bertz CT molecular complexity index is 1120. The van der Waals surface area contributed by atoms with Crippen molar-refractivity contribution in [2.75, 3.05) is 5.32 Å². The fourth-order valence-corrected chi connectivity index (χ4v) is 3.18. The maximum Gasteiger partial charge on any atom is 0.228 e. The average Bonchev–Trinajstić information content (AvgIpc) is 2.98. The summed E-state index contributed by atoms with van der Waals surface area (Å²) >= 11 is 0. The molecule has 0 atom stereocenters. The van der Waals surface area contributed by atoms with E-state index in [1.54, 1.807) is 30.3 Å². The molecule has 4 nitrogen and oxygen atoms in total. The van der Waals surface area contributed by atoms with Crippen LogP contribution in [0.25, 0.3) is 21.8 Å². The molecule has 0 saturated carbocycles. The van der Waals surface area contributed by atoms with Crippen molar-refractivity contribution >= 4 is 33.4 Å². The van der Waals surface area contributed by atoms with E-state index >= 15 is 0 Å². The highest BCUT2D eigenvalue weighted by Crippen LogP contribution is 2.27. The molecule has 0 spiro atoms. The lowest BCUT2D eigenvalue weighted by atomic mass is 10.1. The minimum Gasteiger partial charge on any atom is -0.392 e. The van der Waals surface area contributed by atoms with E-state index in [2.05, 4.69) is 10.3 Å². The molecule has 1 aromatic heterocycles. The van der Waals surface area contributed by atoms with E-state index in [9.17, 15) is 9.18 Å². The predicted molar refractivity (Wildman–Crippen MR) is 100 cm³/mol. The SMILES string of the molecule is O=C(Cc1ccc2c(c1)[nH]c1cc(F)ccc12)Nc1cccc(CO)c1. The van der Waals surface area contributed by atoms with E-state index in [1.165, 1.54) is 12.1 Å². The van der Waals surface area contributed by atoms with Gasteiger partial charge in [-0.3, -0.25) is 4.79 Å². The topological polar surface area (TPSA) is 65.1 Å².